The molecule has 0 saturated heterocycles. The van der Waals surface area contributed by atoms with Crippen LogP contribution < -0.4 is 10.6 Å². The van der Waals surface area contributed by atoms with Crippen LogP contribution in [0.2, 0.25) is 0 Å². The van der Waals surface area contributed by atoms with Crippen molar-refractivity contribution in [3.05, 3.63) is 12.7 Å². The van der Waals surface area contributed by atoms with Crippen molar-refractivity contribution in [2.24, 2.45) is 0 Å². The number of rotatable bonds is 7. The van der Waals surface area contributed by atoms with E-state index in [0.29, 0.717) is 0 Å². The maximum absolute atomic E-state index is 5.29. The fraction of sp³-hybridized carbons (Fsp3) is 0.800. The summed E-state index contributed by atoms with van der Waals surface area (Å²) < 4.78 is 0. The molecule has 0 fully saturated rings. The van der Waals surface area contributed by atoms with Crippen molar-refractivity contribution in [3.8, 4) is 0 Å². The molecule has 0 aromatic carbocycles. The van der Waals surface area contributed by atoms with Crippen molar-refractivity contribution in [2.45, 2.75) is 38.3 Å². The predicted octanol–water partition coefficient (Wildman–Crippen LogP) is 1.69. The monoisotopic (exact) mass is 169 g/mol. The van der Waals surface area contributed by atoms with Gasteiger partial charge in [-0.3, -0.25) is 0 Å². The van der Waals surface area contributed by atoms with Crippen molar-refractivity contribution >= 4 is 0 Å². The first-order valence-corrected chi connectivity index (χ1v) is 4.60. The molecule has 0 aliphatic heterocycles. The predicted molar refractivity (Wildman–Crippen MR) is 53.9 cm³/mol. The summed E-state index contributed by atoms with van der Waals surface area (Å²) >= 11 is 0. The quantitative estimate of drug-likeness (QED) is 0.447. The van der Waals surface area contributed by atoms with Crippen LogP contribution in [0.15, 0.2) is 6.08 Å². The van der Waals surface area contributed by atoms with Gasteiger partial charge in [0.05, 0.1) is 5.66 Å². The molecular formula is C10H21N2. The second-order valence-corrected chi connectivity index (χ2v) is 3.31. The molecule has 2 N–H and O–H groups in total. The first-order chi connectivity index (χ1) is 5.68. The van der Waals surface area contributed by atoms with Gasteiger partial charge in [-0.25, -0.2) is 0 Å². The highest BCUT2D eigenvalue weighted by Crippen LogP contribution is 2.10. The largest absolute Gasteiger partial charge is 0.303 e. The van der Waals surface area contributed by atoms with Gasteiger partial charge in [-0.2, -0.15) is 0 Å². The first kappa shape index (κ1) is 11.7. The third kappa shape index (κ3) is 4.52. The molecule has 2 heteroatoms. The van der Waals surface area contributed by atoms with Crippen molar-refractivity contribution in [2.75, 3.05) is 14.1 Å². The van der Waals surface area contributed by atoms with Crippen LogP contribution in [-0.4, -0.2) is 19.8 Å². The van der Waals surface area contributed by atoms with Crippen molar-refractivity contribution < 1.29 is 0 Å². The normalized spacial score (nSPS) is 11.6. The van der Waals surface area contributed by atoms with Crippen LogP contribution in [0.1, 0.15) is 32.6 Å². The van der Waals surface area contributed by atoms with E-state index in [1.54, 1.807) is 6.08 Å². The molecule has 0 rings (SSSR count). The Labute approximate surface area is 76.4 Å². The van der Waals surface area contributed by atoms with Crippen LogP contribution in [0.5, 0.6) is 0 Å². The van der Waals surface area contributed by atoms with E-state index in [1.165, 1.54) is 12.8 Å². The van der Waals surface area contributed by atoms with E-state index < -0.39 is 0 Å². The minimum atomic E-state index is 0.0780. The number of unbranched alkanes of at least 4 members (excludes halogenated alkanes) is 2. The molecule has 0 bridgehead atoms. The van der Waals surface area contributed by atoms with Crippen LogP contribution >= 0.6 is 0 Å². The van der Waals surface area contributed by atoms with Crippen LogP contribution in [0.3, 0.4) is 0 Å². The number of hydrogen-bond donors (Lipinski definition) is 2. The van der Waals surface area contributed by atoms with Gasteiger partial charge in [-0.1, -0.05) is 12.7 Å². The molecule has 2 nitrogen and oxygen atoms in total. The fourth-order valence-electron chi connectivity index (χ4n) is 1.12. The topological polar surface area (TPSA) is 24.1 Å². The third-order valence-corrected chi connectivity index (χ3v) is 2.40. The fourth-order valence-corrected chi connectivity index (χ4v) is 1.12. The molecule has 71 valence electrons. The van der Waals surface area contributed by atoms with Crippen LogP contribution in [0, 0.1) is 6.58 Å². The molecule has 0 atom stereocenters. The van der Waals surface area contributed by atoms with Gasteiger partial charge in [-0.05, 0) is 46.7 Å². The minimum absolute atomic E-state index is 0.0780. The van der Waals surface area contributed by atoms with Gasteiger partial charge >= 0.3 is 0 Å². The van der Waals surface area contributed by atoms with Crippen molar-refractivity contribution in [1.82, 2.24) is 10.6 Å². The molecule has 0 aliphatic rings. The van der Waals surface area contributed by atoms with Crippen LogP contribution in [0.25, 0.3) is 0 Å². The molecule has 0 aromatic heterocycles. The molecule has 0 amide bonds. The van der Waals surface area contributed by atoms with E-state index >= 15 is 0 Å². The van der Waals surface area contributed by atoms with Gasteiger partial charge in [0.25, 0.3) is 0 Å². The zero-order valence-corrected chi connectivity index (χ0v) is 8.48. The smallest absolute Gasteiger partial charge is 0.0653 e. The number of hydrogen-bond acceptors (Lipinski definition) is 2. The van der Waals surface area contributed by atoms with Gasteiger partial charge < -0.3 is 10.6 Å². The second kappa shape index (κ2) is 6.21. The van der Waals surface area contributed by atoms with Gasteiger partial charge in [0.1, 0.15) is 0 Å². The van der Waals surface area contributed by atoms with Gasteiger partial charge in [0, 0.05) is 0 Å². The molecule has 1 radical (unpaired) electrons. The van der Waals surface area contributed by atoms with E-state index in [2.05, 4.69) is 17.6 Å². The Hall–Kier alpha value is -0.340. The van der Waals surface area contributed by atoms with Crippen molar-refractivity contribution in [1.29, 1.82) is 0 Å². The Bertz CT molecular complexity index is 117. The maximum atomic E-state index is 5.29. The SMILES string of the molecule is [CH]=CCCCCC(C)(NC)NC. The lowest BCUT2D eigenvalue weighted by atomic mass is 10.0. The highest BCUT2D eigenvalue weighted by molar-refractivity contribution is 4.76. The van der Waals surface area contributed by atoms with Gasteiger partial charge in [-0.15, -0.1) is 0 Å². The molecule has 0 saturated carbocycles. The lowest BCUT2D eigenvalue weighted by Gasteiger charge is -2.28. The summed E-state index contributed by atoms with van der Waals surface area (Å²) in [6.07, 6.45) is 6.26. The van der Waals surface area contributed by atoms with E-state index in [-0.39, 0.29) is 5.66 Å². The molecule has 0 spiro atoms. The molecule has 0 aliphatic carbocycles. The standard InChI is InChI=1S/C10H21N2/c1-5-6-7-8-9-10(2,11-3)12-4/h1,5,11-12H,6-9H2,2-4H3. The summed E-state index contributed by atoms with van der Waals surface area (Å²) in [5, 5.41) is 6.50. The summed E-state index contributed by atoms with van der Waals surface area (Å²) in [5.74, 6) is 0. The van der Waals surface area contributed by atoms with Gasteiger partial charge in [0.15, 0.2) is 0 Å². The minimum Gasteiger partial charge on any atom is -0.303 e. The third-order valence-electron chi connectivity index (χ3n) is 2.40. The highest BCUT2D eigenvalue weighted by Gasteiger charge is 2.17. The first-order valence-electron chi connectivity index (χ1n) is 4.60. The molecule has 12 heavy (non-hydrogen) atoms. The maximum Gasteiger partial charge on any atom is 0.0653 e. The summed E-state index contributed by atoms with van der Waals surface area (Å²) in [6.45, 7) is 7.45. The highest BCUT2D eigenvalue weighted by atomic mass is 15.1. The van der Waals surface area contributed by atoms with E-state index in [9.17, 15) is 0 Å². The lowest BCUT2D eigenvalue weighted by molar-refractivity contribution is 0.294. The summed E-state index contributed by atoms with van der Waals surface area (Å²) in [5.41, 5.74) is 0.0780. The summed E-state index contributed by atoms with van der Waals surface area (Å²) in [6, 6.07) is 0. The average Bonchev–Trinajstić information content (AvgIpc) is 2.12. The second-order valence-electron chi connectivity index (χ2n) is 3.31. The van der Waals surface area contributed by atoms with E-state index in [0.717, 1.165) is 12.8 Å². The van der Waals surface area contributed by atoms with Crippen molar-refractivity contribution in [3.63, 3.8) is 0 Å². The zero-order valence-electron chi connectivity index (χ0n) is 8.48. The Morgan fingerprint density at radius 3 is 2.25 bits per heavy atom. The Kier molecular flexibility index (Phi) is 6.03. The Morgan fingerprint density at radius 2 is 1.83 bits per heavy atom. The summed E-state index contributed by atoms with van der Waals surface area (Å²) in [4.78, 5) is 0. The average molecular weight is 169 g/mol. The number of nitrogens with one attached hydrogen (secondary N) is 2. The van der Waals surface area contributed by atoms with E-state index in [4.69, 9.17) is 6.58 Å². The molecular weight excluding hydrogens is 148 g/mol. The summed E-state index contributed by atoms with van der Waals surface area (Å²) in [7, 11) is 3.96. The molecule has 0 aromatic rings. The number of allylic oxidation sites excluding steroid dienone is 1. The van der Waals surface area contributed by atoms with Crippen LogP contribution in [0.4, 0.5) is 0 Å². The van der Waals surface area contributed by atoms with Gasteiger partial charge in [0.2, 0.25) is 0 Å². The van der Waals surface area contributed by atoms with Crippen LogP contribution in [-0.2, 0) is 0 Å². The molecule has 0 unspecified atom stereocenters. The van der Waals surface area contributed by atoms with E-state index in [1.807, 2.05) is 14.1 Å². The molecule has 0 heterocycles. The lowest BCUT2D eigenvalue weighted by Crippen LogP contribution is -2.50. The zero-order chi connectivity index (χ0) is 9.45. The Balaban J connectivity index is 3.51. The Morgan fingerprint density at radius 1 is 1.25 bits per heavy atom.